The van der Waals surface area contributed by atoms with E-state index < -0.39 is 5.97 Å². The maximum absolute atomic E-state index is 12.3. The van der Waals surface area contributed by atoms with E-state index in [1.54, 1.807) is 23.1 Å². The van der Waals surface area contributed by atoms with Crippen molar-refractivity contribution in [3.8, 4) is 0 Å². The van der Waals surface area contributed by atoms with Crippen LogP contribution in [-0.4, -0.2) is 29.9 Å². The standard InChI is InChI=1S/C18H16BrNO3/c19-16-7-3-6-14(10-16)18(22)23-12-17(21)20-9-8-13-4-1-2-5-15(13)11-20/h1-7,10H,8-9,11-12H2. The zero-order valence-electron chi connectivity index (χ0n) is 12.5. The second-order valence-electron chi connectivity index (χ2n) is 5.42. The molecule has 118 valence electrons. The van der Waals surface area contributed by atoms with E-state index in [9.17, 15) is 9.59 Å². The largest absolute Gasteiger partial charge is 0.452 e. The molecule has 1 aliphatic heterocycles. The van der Waals surface area contributed by atoms with E-state index in [0.717, 1.165) is 16.5 Å². The molecule has 1 heterocycles. The topological polar surface area (TPSA) is 46.6 Å². The first-order valence-corrected chi connectivity index (χ1v) is 8.20. The Balaban J connectivity index is 1.57. The summed E-state index contributed by atoms with van der Waals surface area (Å²) in [5.74, 6) is -0.653. The van der Waals surface area contributed by atoms with Gasteiger partial charge in [0.2, 0.25) is 0 Å². The lowest BCUT2D eigenvalue weighted by molar-refractivity contribution is -0.135. The van der Waals surface area contributed by atoms with Crippen LogP contribution in [0.4, 0.5) is 0 Å². The van der Waals surface area contributed by atoms with Gasteiger partial charge in [-0.25, -0.2) is 4.79 Å². The highest BCUT2D eigenvalue weighted by molar-refractivity contribution is 9.10. The molecule has 0 saturated carbocycles. The summed E-state index contributed by atoms with van der Waals surface area (Å²) in [7, 11) is 0. The molecule has 0 saturated heterocycles. The minimum Gasteiger partial charge on any atom is -0.452 e. The molecule has 0 radical (unpaired) electrons. The third-order valence-electron chi connectivity index (χ3n) is 3.87. The summed E-state index contributed by atoms with van der Waals surface area (Å²) in [6.45, 7) is 1.00. The molecule has 4 nitrogen and oxygen atoms in total. The molecule has 0 unspecified atom stereocenters. The smallest absolute Gasteiger partial charge is 0.338 e. The summed E-state index contributed by atoms with van der Waals surface area (Å²) in [6.07, 6.45) is 0.835. The maximum Gasteiger partial charge on any atom is 0.338 e. The fourth-order valence-electron chi connectivity index (χ4n) is 2.63. The Morgan fingerprint density at radius 2 is 1.87 bits per heavy atom. The van der Waals surface area contributed by atoms with Crippen LogP contribution in [-0.2, 0) is 22.5 Å². The van der Waals surface area contributed by atoms with Gasteiger partial charge in [0.25, 0.3) is 5.91 Å². The SMILES string of the molecule is O=C(OCC(=O)N1CCc2ccccc2C1)c1cccc(Br)c1. The third-order valence-corrected chi connectivity index (χ3v) is 4.36. The summed E-state index contributed by atoms with van der Waals surface area (Å²) in [6, 6.07) is 15.0. The van der Waals surface area contributed by atoms with Crippen molar-refractivity contribution in [1.29, 1.82) is 0 Å². The predicted molar refractivity (Wildman–Crippen MR) is 90.0 cm³/mol. The Morgan fingerprint density at radius 1 is 1.09 bits per heavy atom. The lowest BCUT2D eigenvalue weighted by Gasteiger charge is -2.28. The summed E-state index contributed by atoms with van der Waals surface area (Å²) >= 11 is 3.31. The van der Waals surface area contributed by atoms with Gasteiger partial charge in [0.05, 0.1) is 5.56 Å². The summed E-state index contributed by atoms with van der Waals surface area (Å²) in [4.78, 5) is 26.0. The molecule has 2 aromatic rings. The lowest BCUT2D eigenvalue weighted by Crippen LogP contribution is -2.38. The average molecular weight is 374 g/mol. The molecule has 23 heavy (non-hydrogen) atoms. The number of carbonyl (C=O) groups excluding carboxylic acids is 2. The predicted octanol–water partition coefficient (Wildman–Crippen LogP) is 3.19. The number of hydrogen-bond donors (Lipinski definition) is 0. The molecular weight excluding hydrogens is 358 g/mol. The third kappa shape index (κ3) is 3.79. The quantitative estimate of drug-likeness (QED) is 0.776. The maximum atomic E-state index is 12.3. The Morgan fingerprint density at radius 3 is 2.65 bits per heavy atom. The van der Waals surface area contributed by atoms with E-state index in [-0.39, 0.29) is 12.5 Å². The Labute approximate surface area is 143 Å². The molecule has 0 spiro atoms. The van der Waals surface area contributed by atoms with Gasteiger partial charge in [-0.2, -0.15) is 0 Å². The molecule has 3 rings (SSSR count). The summed E-state index contributed by atoms with van der Waals surface area (Å²) in [5, 5.41) is 0. The van der Waals surface area contributed by atoms with Crippen molar-refractivity contribution in [2.45, 2.75) is 13.0 Å². The van der Waals surface area contributed by atoms with Gasteiger partial charge in [-0.05, 0) is 35.7 Å². The van der Waals surface area contributed by atoms with Gasteiger partial charge in [0.15, 0.2) is 6.61 Å². The highest BCUT2D eigenvalue weighted by Gasteiger charge is 2.21. The average Bonchev–Trinajstić information content (AvgIpc) is 2.59. The molecule has 0 aromatic heterocycles. The summed E-state index contributed by atoms with van der Waals surface area (Å²) < 4.78 is 5.93. The second kappa shape index (κ2) is 6.96. The number of fused-ring (bicyclic) bond motifs is 1. The first-order valence-electron chi connectivity index (χ1n) is 7.41. The molecule has 0 atom stereocenters. The lowest BCUT2D eigenvalue weighted by atomic mass is 10.00. The number of ether oxygens (including phenoxy) is 1. The minimum atomic E-state index is -0.489. The summed E-state index contributed by atoms with van der Waals surface area (Å²) in [5.41, 5.74) is 2.87. The van der Waals surface area contributed by atoms with Crippen molar-refractivity contribution in [3.05, 3.63) is 69.7 Å². The van der Waals surface area contributed by atoms with Gasteiger partial charge in [-0.1, -0.05) is 46.3 Å². The van der Waals surface area contributed by atoms with Crippen molar-refractivity contribution in [3.63, 3.8) is 0 Å². The highest BCUT2D eigenvalue weighted by Crippen LogP contribution is 2.18. The molecule has 2 aromatic carbocycles. The van der Waals surface area contributed by atoms with Crippen molar-refractivity contribution >= 4 is 27.8 Å². The van der Waals surface area contributed by atoms with Gasteiger partial charge in [-0.3, -0.25) is 4.79 Å². The van der Waals surface area contributed by atoms with Crippen LogP contribution < -0.4 is 0 Å². The first kappa shape index (κ1) is 15.7. The number of halogens is 1. The van der Waals surface area contributed by atoms with E-state index in [1.165, 1.54) is 5.56 Å². The number of hydrogen-bond acceptors (Lipinski definition) is 3. The van der Waals surface area contributed by atoms with Crippen molar-refractivity contribution in [2.24, 2.45) is 0 Å². The Kier molecular flexibility index (Phi) is 4.76. The van der Waals surface area contributed by atoms with Crippen molar-refractivity contribution < 1.29 is 14.3 Å². The van der Waals surface area contributed by atoms with E-state index in [2.05, 4.69) is 22.0 Å². The normalized spacial score (nSPS) is 13.3. The van der Waals surface area contributed by atoms with Gasteiger partial charge in [0, 0.05) is 17.6 Å². The Hall–Kier alpha value is -2.14. The van der Waals surface area contributed by atoms with Crippen molar-refractivity contribution in [1.82, 2.24) is 4.90 Å². The van der Waals surface area contributed by atoms with Gasteiger partial charge in [0.1, 0.15) is 0 Å². The number of benzene rings is 2. The van der Waals surface area contributed by atoms with Crippen LogP contribution in [0.5, 0.6) is 0 Å². The zero-order chi connectivity index (χ0) is 16.2. The van der Waals surface area contributed by atoms with Crippen LogP contribution in [0.2, 0.25) is 0 Å². The number of nitrogens with zero attached hydrogens (tertiary/aromatic N) is 1. The first-order chi connectivity index (χ1) is 11.1. The number of esters is 1. The monoisotopic (exact) mass is 373 g/mol. The molecule has 0 fully saturated rings. The van der Waals surface area contributed by atoms with E-state index in [0.29, 0.717) is 18.7 Å². The molecule has 0 aliphatic carbocycles. The number of amides is 1. The molecule has 1 aliphatic rings. The highest BCUT2D eigenvalue weighted by atomic mass is 79.9. The molecule has 1 amide bonds. The van der Waals surface area contributed by atoms with Gasteiger partial charge >= 0.3 is 5.97 Å². The number of rotatable bonds is 3. The van der Waals surface area contributed by atoms with E-state index in [1.807, 2.05) is 24.3 Å². The van der Waals surface area contributed by atoms with E-state index in [4.69, 9.17) is 4.74 Å². The van der Waals surface area contributed by atoms with Crippen molar-refractivity contribution in [2.75, 3.05) is 13.2 Å². The van der Waals surface area contributed by atoms with Crippen LogP contribution in [0.1, 0.15) is 21.5 Å². The minimum absolute atomic E-state index is 0.164. The number of carbonyl (C=O) groups is 2. The van der Waals surface area contributed by atoms with Crippen LogP contribution in [0, 0.1) is 0 Å². The molecular formula is C18H16BrNO3. The van der Waals surface area contributed by atoms with Crippen LogP contribution in [0.25, 0.3) is 0 Å². The van der Waals surface area contributed by atoms with E-state index >= 15 is 0 Å². The molecule has 5 heteroatoms. The fourth-order valence-corrected chi connectivity index (χ4v) is 3.03. The van der Waals surface area contributed by atoms with Crippen LogP contribution >= 0.6 is 15.9 Å². The van der Waals surface area contributed by atoms with Crippen LogP contribution in [0.3, 0.4) is 0 Å². The zero-order valence-corrected chi connectivity index (χ0v) is 14.1. The second-order valence-corrected chi connectivity index (χ2v) is 6.34. The van der Waals surface area contributed by atoms with Gasteiger partial charge < -0.3 is 9.64 Å². The molecule has 0 N–H and O–H groups in total. The molecule has 0 bridgehead atoms. The van der Waals surface area contributed by atoms with Crippen LogP contribution in [0.15, 0.2) is 53.0 Å². The van der Waals surface area contributed by atoms with Gasteiger partial charge in [-0.15, -0.1) is 0 Å². The Bertz CT molecular complexity index is 745. The fraction of sp³-hybridized carbons (Fsp3) is 0.222.